The molecule has 28 heavy (non-hydrogen) atoms. The summed E-state index contributed by atoms with van der Waals surface area (Å²) >= 11 is 0. The fraction of sp³-hybridized carbons (Fsp3) is 0.526. The number of hydrogen-bond donors (Lipinski definition) is 4. The van der Waals surface area contributed by atoms with Crippen LogP contribution >= 0.6 is 0 Å². The highest BCUT2D eigenvalue weighted by Crippen LogP contribution is 2.50. The van der Waals surface area contributed by atoms with Crippen molar-refractivity contribution in [3.05, 3.63) is 23.8 Å². The summed E-state index contributed by atoms with van der Waals surface area (Å²) in [7, 11) is 1.37. The van der Waals surface area contributed by atoms with Crippen LogP contribution in [0.25, 0.3) is 0 Å². The Morgan fingerprint density at radius 2 is 1.93 bits per heavy atom. The predicted molar refractivity (Wildman–Crippen MR) is 96.6 cm³/mol. The van der Waals surface area contributed by atoms with Gasteiger partial charge in [0.1, 0.15) is 0 Å². The minimum absolute atomic E-state index is 0.113. The van der Waals surface area contributed by atoms with Crippen molar-refractivity contribution in [3.63, 3.8) is 0 Å². The third-order valence-electron chi connectivity index (χ3n) is 5.52. The molecule has 0 aromatic heterocycles. The Morgan fingerprint density at radius 1 is 1.29 bits per heavy atom. The molecule has 2 aliphatic heterocycles. The Hall–Kier alpha value is -2.65. The molecule has 4 atom stereocenters. The molecule has 4 N–H and O–H groups in total. The van der Waals surface area contributed by atoms with Gasteiger partial charge in [0.05, 0.1) is 25.6 Å². The van der Waals surface area contributed by atoms with Crippen LogP contribution in [-0.4, -0.2) is 62.8 Å². The fourth-order valence-electron chi connectivity index (χ4n) is 4.25. The number of ether oxygens (including phenoxy) is 1. The number of aliphatic hydroxyl groups excluding tert-OH is 1. The highest BCUT2D eigenvalue weighted by Gasteiger charge is 2.69. The number of aromatic hydroxyl groups is 1. The third-order valence-corrected chi connectivity index (χ3v) is 5.52. The maximum atomic E-state index is 13.2. The first kappa shape index (κ1) is 20.1. The van der Waals surface area contributed by atoms with Crippen LogP contribution in [0.4, 0.5) is 0 Å². The fourth-order valence-corrected chi connectivity index (χ4v) is 4.25. The monoisotopic (exact) mass is 392 g/mol. The van der Waals surface area contributed by atoms with Crippen LogP contribution in [0, 0.1) is 11.8 Å². The van der Waals surface area contributed by atoms with Crippen molar-refractivity contribution >= 4 is 17.8 Å². The van der Waals surface area contributed by atoms with Gasteiger partial charge in [-0.3, -0.25) is 24.6 Å². The number of aliphatic hydroxyl groups is 1. The highest BCUT2D eigenvalue weighted by molar-refractivity contribution is 6.10. The topological polar surface area (TPSA) is 136 Å². The number of rotatable bonds is 4. The average Bonchev–Trinajstić information content (AvgIpc) is 3.10. The average molecular weight is 392 g/mol. The molecule has 2 aliphatic rings. The van der Waals surface area contributed by atoms with Gasteiger partial charge in [-0.15, -0.1) is 0 Å². The summed E-state index contributed by atoms with van der Waals surface area (Å²) < 4.78 is 5.10. The first-order chi connectivity index (χ1) is 13.0. The molecule has 2 saturated heterocycles. The number of likely N-dealkylation sites (tertiary alicyclic amines) is 1. The zero-order chi connectivity index (χ0) is 21.0. The summed E-state index contributed by atoms with van der Waals surface area (Å²) in [4.78, 5) is 39.5. The number of imide groups is 1. The second kappa shape index (κ2) is 6.46. The third kappa shape index (κ3) is 2.65. The lowest BCUT2D eigenvalue weighted by atomic mass is 9.79. The quantitative estimate of drug-likeness (QED) is 0.536. The van der Waals surface area contributed by atoms with E-state index in [0.29, 0.717) is 5.56 Å². The van der Waals surface area contributed by atoms with Gasteiger partial charge in [0.2, 0.25) is 11.8 Å². The molecule has 0 radical (unpaired) electrons. The van der Waals surface area contributed by atoms with E-state index in [2.05, 4.69) is 5.32 Å². The van der Waals surface area contributed by atoms with Crippen LogP contribution in [0.3, 0.4) is 0 Å². The minimum Gasteiger partial charge on any atom is -0.504 e. The minimum atomic E-state index is -1.99. The zero-order valence-corrected chi connectivity index (χ0v) is 16.1. The van der Waals surface area contributed by atoms with Gasteiger partial charge in [-0.05, 0) is 38.5 Å². The number of phenolic OH excluding ortho intramolecular Hbond substituents is 1. The standard InChI is InChI=1S/C19H24N2O7/c1-18(2,3)21-15(24)12-13(16(21)25)19(8-22,17(26)27)20-14(12)9-5-6-10(23)11(7-9)28-4/h5-7,12-14,20,22-23H,8H2,1-4H3,(H,26,27). The van der Waals surface area contributed by atoms with Crippen molar-refractivity contribution in [2.45, 2.75) is 37.9 Å². The van der Waals surface area contributed by atoms with E-state index in [-0.39, 0.29) is 11.5 Å². The lowest BCUT2D eigenvalue weighted by Crippen LogP contribution is -2.59. The highest BCUT2D eigenvalue weighted by atomic mass is 16.5. The van der Waals surface area contributed by atoms with Gasteiger partial charge in [-0.2, -0.15) is 0 Å². The number of carbonyl (C=O) groups is 3. The lowest BCUT2D eigenvalue weighted by molar-refractivity contribution is -0.155. The molecule has 3 rings (SSSR count). The lowest BCUT2D eigenvalue weighted by Gasteiger charge is -2.34. The molecule has 1 aromatic carbocycles. The Kier molecular flexibility index (Phi) is 4.63. The normalized spacial score (nSPS) is 29.9. The number of nitrogens with one attached hydrogen (secondary N) is 1. The maximum absolute atomic E-state index is 13.2. The maximum Gasteiger partial charge on any atom is 0.327 e. The molecule has 2 heterocycles. The predicted octanol–water partition coefficient (Wildman–Crippen LogP) is 0.260. The van der Waals surface area contributed by atoms with E-state index in [4.69, 9.17) is 4.74 Å². The van der Waals surface area contributed by atoms with Gasteiger partial charge in [0.25, 0.3) is 0 Å². The van der Waals surface area contributed by atoms with Gasteiger partial charge in [0.15, 0.2) is 17.0 Å². The van der Waals surface area contributed by atoms with E-state index in [1.165, 1.54) is 25.3 Å². The number of phenols is 1. The molecule has 2 amide bonds. The van der Waals surface area contributed by atoms with E-state index in [1.807, 2.05) is 0 Å². The number of carboxylic acid groups (broad SMARTS) is 1. The number of methoxy groups -OCH3 is 1. The van der Waals surface area contributed by atoms with Crippen molar-refractivity contribution in [2.75, 3.05) is 13.7 Å². The first-order valence-electron chi connectivity index (χ1n) is 8.86. The smallest absolute Gasteiger partial charge is 0.327 e. The van der Waals surface area contributed by atoms with Crippen molar-refractivity contribution < 1.29 is 34.4 Å². The molecule has 9 heteroatoms. The summed E-state index contributed by atoms with van der Waals surface area (Å²) in [6.07, 6.45) is 0. The molecule has 152 valence electrons. The summed E-state index contributed by atoms with van der Waals surface area (Å²) in [5.74, 6) is -4.76. The molecule has 1 aromatic rings. The van der Waals surface area contributed by atoms with Crippen molar-refractivity contribution in [3.8, 4) is 11.5 Å². The molecular formula is C19H24N2O7. The van der Waals surface area contributed by atoms with Gasteiger partial charge in [0, 0.05) is 11.6 Å². The van der Waals surface area contributed by atoms with Gasteiger partial charge < -0.3 is 20.1 Å². The summed E-state index contributed by atoms with van der Waals surface area (Å²) in [6.45, 7) is 4.22. The molecule has 9 nitrogen and oxygen atoms in total. The van der Waals surface area contributed by atoms with Crippen LogP contribution in [0.5, 0.6) is 11.5 Å². The summed E-state index contributed by atoms with van der Waals surface area (Å²) in [6, 6.07) is 3.52. The van der Waals surface area contributed by atoms with Crippen molar-refractivity contribution in [1.82, 2.24) is 10.2 Å². The van der Waals surface area contributed by atoms with Crippen LogP contribution in [-0.2, 0) is 14.4 Å². The van der Waals surface area contributed by atoms with Gasteiger partial charge >= 0.3 is 5.97 Å². The van der Waals surface area contributed by atoms with Crippen LogP contribution in [0.2, 0.25) is 0 Å². The molecule has 4 unspecified atom stereocenters. The van der Waals surface area contributed by atoms with E-state index in [0.717, 1.165) is 4.90 Å². The second-order valence-corrected chi connectivity index (χ2v) is 8.17. The Balaban J connectivity index is 2.17. The van der Waals surface area contributed by atoms with Crippen LogP contribution in [0.1, 0.15) is 32.4 Å². The molecular weight excluding hydrogens is 368 g/mol. The number of fused-ring (bicyclic) bond motifs is 1. The number of nitrogens with zero attached hydrogens (tertiary/aromatic N) is 1. The van der Waals surface area contributed by atoms with Crippen molar-refractivity contribution in [2.24, 2.45) is 11.8 Å². The van der Waals surface area contributed by atoms with E-state index >= 15 is 0 Å². The number of carboxylic acids is 1. The Labute approximate surface area is 161 Å². The van der Waals surface area contributed by atoms with Gasteiger partial charge in [-0.1, -0.05) is 6.07 Å². The number of benzene rings is 1. The second-order valence-electron chi connectivity index (χ2n) is 8.17. The molecule has 2 fully saturated rings. The summed E-state index contributed by atoms with van der Waals surface area (Å²) in [5, 5.41) is 32.4. The van der Waals surface area contributed by atoms with E-state index < -0.39 is 53.3 Å². The number of amides is 2. The molecule has 0 spiro atoms. The van der Waals surface area contributed by atoms with E-state index in [9.17, 15) is 29.7 Å². The van der Waals surface area contributed by atoms with E-state index in [1.54, 1.807) is 20.8 Å². The van der Waals surface area contributed by atoms with Crippen LogP contribution in [0.15, 0.2) is 18.2 Å². The molecule has 0 aliphatic carbocycles. The Morgan fingerprint density at radius 3 is 2.43 bits per heavy atom. The first-order valence-corrected chi connectivity index (χ1v) is 8.86. The Bertz CT molecular complexity index is 847. The van der Waals surface area contributed by atoms with Crippen LogP contribution < -0.4 is 10.1 Å². The number of aliphatic carboxylic acids is 1. The summed E-state index contributed by atoms with van der Waals surface area (Å²) in [5.41, 5.74) is -2.36. The largest absolute Gasteiger partial charge is 0.504 e. The SMILES string of the molecule is COc1cc(C2NC(CO)(C(=O)O)C3C(=O)N(C(C)(C)C)C(=O)C23)ccc1O. The molecule has 0 bridgehead atoms. The number of hydrogen-bond acceptors (Lipinski definition) is 7. The van der Waals surface area contributed by atoms with Crippen molar-refractivity contribution in [1.29, 1.82) is 0 Å². The van der Waals surface area contributed by atoms with Gasteiger partial charge in [-0.25, -0.2) is 0 Å². The number of carbonyl (C=O) groups excluding carboxylic acids is 2. The molecule has 0 saturated carbocycles. The zero-order valence-electron chi connectivity index (χ0n) is 16.1.